The summed E-state index contributed by atoms with van der Waals surface area (Å²) in [7, 11) is 1.47. The number of nitrogens with one attached hydrogen (secondary N) is 1. The van der Waals surface area contributed by atoms with Gasteiger partial charge in [-0.2, -0.15) is 0 Å². The van der Waals surface area contributed by atoms with Crippen LogP contribution in [0.15, 0.2) is 36.4 Å². The van der Waals surface area contributed by atoms with Gasteiger partial charge in [-0.3, -0.25) is 19.7 Å². The number of amides is 1. The van der Waals surface area contributed by atoms with Crippen molar-refractivity contribution in [2.24, 2.45) is 0 Å². The summed E-state index contributed by atoms with van der Waals surface area (Å²) in [5.74, 6) is -1.82. The predicted octanol–water partition coefficient (Wildman–Crippen LogP) is 2.78. The minimum Gasteiger partial charge on any atom is -0.496 e. The smallest absolute Gasteiger partial charge is 0.310 e. The summed E-state index contributed by atoms with van der Waals surface area (Å²) in [6.07, 6.45) is -0.108. The number of carbonyl (C=O) groups is 2. The van der Waals surface area contributed by atoms with Gasteiger partial charge in [0.25, 0.3) is 11.6 Å². The molecule has 0 aromatic heterocycles. The van der Waals surface area contributed by atoms with E-state index in [0.717, 1.165) is 23.8 Å². The fourth-order valence-corrected chi connectivity index (χ4v) is 2.31. The Morgan fingerprint density at radius 2 is 1.96 bits per heavy atom. The molecule has 0 radical (unpaired) electrons. The van der Waals surface area contributed by atoms with Crippen molar-refractivity contribution in [1.29, 1.82) is 0 Å². The van der Waals surface area contributed by atoms with Gasteiger partial charge in [-0.1, -0.05) is 17.7 Å². The summed E-state index contributed by atoms with van der Waals surface area (Å²) >= 11 is 0. The standard InChI is InChI=1S/C18H17FN2O6/c1-11-3-6-16(26-2)12(7-11)8-18(23)27-10-17(22)20-15-9-13(21(24)25)4-5-14(15)19/h3-7,9H,8,10H2,1-2H3,(H,20,22). The van der Waals surface area contributed by atoms with E-state index in [0.29, 0.717) is 11.3 Å². The van der Waals surface area contributed by atoms with Crippen LogP contribution in [0.4, 0.5) is 15.8 Å². The van der Waals surface area contributed by atoms with Gasteiger partial charge < -0.3 is 14.8 Å². The van der Waals surface area contributed by atoms with E-state index in [1.807, 2.05) is 13.0 Å². The lowest BCUT2D eigenvalue weighted by atomic mass is 10.1. The van der Waals surface area contributed by atoms with Crippen LogP contribution in [0.5, 0.6) is 5.75 Å². The van der Waals surface area contributed by atoms with Gasteiger partial charge >= 0.3 is 5.97 Å². The Bertz CT molecular complexity index is 884. The first-order valence-corrected chi connectivity index (χ1v) is 7.83. The maximum Gasteiger partial charge on any atom is 0.310 e. The molecule has 9 heteroatoms. The average molecular weight is 376 g/mol. The third kappa shape index (κ3) is 5.50. The second-order valence-electron chi connectivity index (χ2n) is 5.62. The van der Waals surface area contributed by atoms with Crippen molar-refractivity contribution in [2.45, 2.75) is 13.3 Å². The molecule has 2 aromatic rings. The van der Waals surface area contributed by atoms with Gasteiger partial charge in [-0.05, 0) is 19.1 Å². The van der Waals surface area contributed by atoms with Crippen LogP contribution in [0.1, 0.15) is 11.1 Å². The molecule has 0 spiro atoms. The Hall–Kier alpha value is -3.49. The van der Waals surface area contributed by atoms with Crippen molar-refractivity contribution in [1.82, 2.24) is 0 Å². The number of halogens is 1. The summed E-state index contributed by atoms with van der Waals surface area (Å²) < 4.78 is 23.7. The zero-order valence-corrected chi connectivity index (χ0v) is 14.7. The normalized spacial score (nSPS) is 10.2. The highest BCUT2D eigenvalue weighted by atomic mass is 19.1. The monoisotopic (exact) mass is 376 g/mol. The molecule has 0 aliphatic carbocycles. The van der Waals surface area contributed by atoms with E-state index in [1.54, 1.807) is 12.1 Å². The second-order valence-corrected chi connectivity index (χ2v) is 5.62. The Labute approximate surface area is 154 Å². The number of carbonyl (C=O) groups excluding carboxylic acids is 2. The third-order valence-corrected chi connectivity index (χ3v) is 3.57. The van der Waals surface area contributed by atoms with Gasteiger partial charge in [0.2, 0.25) is 0 Å². The lowest BCUT2D eigenvalue weighted by Crippen LogP contribution is -2.22. The highest BCUT2D eigenvalue weighted by Gasteiger charge is 2.15. The number of nitro benzene ring substituents is 1. The molecule has 0 heterocycles. The Morgan fingerprint density at radius 1 is 1.22 bits per heavy atom. The highest BCUT2D eigenvalue weighted by molar-refractivity contribution is 5.93. The van der Waals surface area contributed by atoms with Crippen LogP contribution in [-0.4, -0.2) is 30.5 Å². The van der Waals surface area contributed by atoms with E-state index in [2.05, 4.69) is 5.32 Å². The first kappa shape index (κ1) is 19.8. The molecule has 0 saturated carbocycles. The Morgan fingerprint density at radius 3 is 2.63 bits per heavy atom. The van der Waals surface area contributed by atoms with Crippen LogP contribution < -0.4 is 10.1 Å². The summed E-state index contributed by atoms with van der Waals surface area (Å²) in [6, 6.07) is 8.03. The molecule has 0 aliphatic rings. The van der Waals surface area contributed by atoms with Gasteiger partial charge in [0.15, 0.2) is 6.61 Å². The van der Waals surface area contributed by atoms with Gasteiger partial charge in [-0.25, -0.2) is 4.39 Å². The number of aryl methyl sites for hydroxylation is 1. The topological polar surface area (TPSA) is 108 Å². The van der Waals surface area contributed by atoms with E-state index < -0.39 is 29.2 Å². The minimum atomic E-state index is -0.843. The molecule has 0 saturated heterocycles. The molecule has 2 aromatic carbocycles. The maximum absolute atomic E-state index is 13.6. The fraction of sp³-hybridized carbons (Fsp3) is 0.222. The molecule has 8 nitrogen and oxygen atoms in total. The summed E-state index contributed by atoms with van der Waals surface area (Å²) in [4.78, 5) is 33.8. The van der Waals surface area contributed by atoms with Crippen LogP contribution in [0.25, 0.3) is 0 Å². The number of esters is 1. The number of nitrogens with zero attached hydrogens (tertiary/aromatic N) is 1. The van der Waals surface area contributed by atoms with E-state index in [9.17, 15) is 24.1 Å². The zero-order chi connectivity index (χ0) is 20.0. The molecule has 0 fully saturated rings. The largest absolute Gasteiger partial charge is 0.496 e. The average Bonchev–Trinajstić information content (AvgIpc) is 2.62. The lowest BCUT2D eigenvalue weighted by molar-refractivity contribution is -0.384. The maximum atomic E-state index is 13.6. The molecule has 0 bridgehead atoms. The SMILES string of the molecule is COc1ccc(C)cc1CC(=O)OCC(=O)Nc1cc([N+](=O)[O-])ccc1F. The molecular weight excluding hydrogens is 359 g/mol. The fourth-order valence-electron chi connectivity index (χ4n) is 2.31. The number of non-ortho nitro benzene ring substituents is 1. The summed E-state index contributed by atoms with van der Waals surface area (Å²) in [5.41, 5.74) is 0.783. The first-order valence-electron chi connectivity index (χ1n) is 7.83. The first-order chi connectivity index (χ1) is 12.8. The highest BCUT2D eigenvalue weighted by Crippen LogP contribution is 2.22. The predicted molar refractivity (Wildman–Crippen MR) is 94.1 cm³/mol. The number of methoxy groups -OCH3 is 1. The number of nitro groups is 1. The van der Waals surface area contributed by atoms with E-state index >= 15 is 0 Å². The second kappa shape index (κ2) is 8.75. The van der Waals surface area contributed by atoms with Crippen LogP contribution in [-0.2, 0) is 20.7 Å². The number of benzene rings is 2. The van der Waals surface area contributed by atoms with Gasteiger partial charge in [0.05, 0.1) is 24.1 Å². The third-order valence-electron chi connectivity index (χ3n) is 3.57. The van der Waals surface area contributed by atoms with Gasteiger partial charge in [0.1, 0.15) is 11.6 Å². The van der Waals surface area contributed by atoms with E-state index in [-0.39, 0.29) is 17.8 Å². The molecule has 2 rings (SSSR count). The molecule has 142 valence electrons. The van der Waals surface area contributed by atoms with Crippen molar-refractivity contribution in [3.63, 3.8) is 0 Å². The number of rotatable bonds is 7. The summed E-state index contributed by atoms with van der Waals surface area (Å²) in [6.45, 7) is 1.20. The Kier molecular flexibility index (Phi) is 6.42. The Balaban J connectivity index is 1.94. The van der Waals surface area contributed by atoms with Gasteiger partial charge in [-0.15, -0.1) is 0 Å². The van der Waals surface area contributed by atoms with Crippen molar-refractivity contribution in [2.75, 3.05) is 19.0 Å². The van der Waals surface area contributed by atoms with Crippen LogP contribution in [0.3, 0.4) is 0 Å². The molecule has 0 unspecified atom stereocenters. The van der Waals surface area contributed by atoms with Crippen molar-refractivity contribution < 1.29 is 28.4 Å². The zero-order valence-electron chi connectivity index (χ0n) is 14.7. The molecular formula is C18H17FN2O6. The minimum absolute atomic E-state index is 0.108. The van der Waals surface area contributed by atoms with Crippen LogP contribution in [0, 0.1) is 22.9 Å². The molecule has 0 aliphatic heterocycles. The molecule has 1 amide bonds. The van der Waals surface area contributed by atoms with E-state index in [4.69, 9.17) is 9.47 Å². The van der Waals surface area contributed by atoms with Crippen molar-refractivity contribution in [3.05, 3.63) is 63.5 Å². The van der Waals surface area contributed by atoms with Crippen LogP contribution >= 0.6 is 0 Å². The number of hydrogen-bond acceptors (Lipinski definition) is 6. The number of hydrogen-bond donors (Lipinski definition) is 1. The van der Waals surface area contributed by atoms with Crippen LogP contribution in [0.2, 0.25) is 0 Å². The molecule has 27 heavy (non-hydrogen) atoms. The molecule has 0 atom stereocenters. The number of anilines is 1. The van der Waals surface area contributed by atoms with Crippen molar-refractivity contribution >= 4 is 23.3 Å². The van der Waals surface area contributed by atoms with Gasteiger partial charge in [0, 0.05) is 17.7 Å². The summed E-state index contributed by atoms with van der Waals surface area (Å²) in [5, 5.41) is 12.8. The lowest BCUT2D eigenvalue weighted by Gasteiger charge is -2.10. The molecule has 1 N–H and O–H groups in total. The number of ether oxygens (including phenoxy) is 2. The van der Waals surface area contributed by atoms with E-state index in [1.165, 1.54) is 7.11 Å². The van der Waals surface area contributed by atoms with Crippen molar-refractivity contribution in [3.8, 4) is 5.75 Å². The quantitative estimate of drug-likeness (QED) is 0.452.